The number of nitrogens with one attached hydrogen (secondary N) is 1. The third kappa shape index (κ3) is 3.72. The molecule has 1 aromatic heterocycles. The van der Waals surface area contributed by atoms with E-state index in [4.69, 9.17) is 5.26 Å². The molecule has 92 valence electrons. The topological polar surface area (TPSA) is 68.9 Å². The van der Waals surface area contributed by atoms with Gasteiger partial charge in [-0.3, -0.25) is 0 Å². The summed E-state index contributed by atoms with van der Waals surface area (Å²) in [4.78, 5) is 3.96. The Kier molecular flexibility index (Phi) is 4.47. The van der Waals surface area contributed by atoms with Crippen molar-refractivity contribution < 1.29 is 5.11 Å². The lowest BCUT2D eigenvalue weighted by atomic mass is 9.88. The van der Waals surface area contributed by atoms with Crippen LogP contribution in [0.5, 0.6) is 0 Å². The molecule has 0 aliphatic carbocycles. The molecule has 0 fully saturated rings. The molecule has 0 aliphatic heterocycles. The van der Waals surface area contributed by atoms with Gasteiger partial charge in [0, 0.05) is 6.54 Å². The van der Waals surface area contributed by atoms with E-state index in [2.05, 4.69) is 17.2 Å². The predicted molar refractivity (Wildman–Crippen MR) is 67.5 cm³/mol. The van der Waals surface area contributed by atoms with E-state index < -0.39 is 5.60 Å². The zero-order valence-corrected chi connectivity index (χ0v) is 10.6. The Morgan fingerprint density at radius 1 is 1.59 bits per heavy atom. The molecule has 0 radical (unpaired) electrons. The van der Waals surface area contributed by atoms with Crippen molar-refractivity contribution in [3.8, 4) is 6.07 Å². The van der Waals surface area contributed by atoms with Gasteiger partial charge in [-0.2, -0.15) is 5.26 Å². The molecular weight excluding hydrogens is 214 g/mol. The molecule has 0 bridgehead atoms. The van der Waals surface area contributed by atoms with E-state index in [-0.39, 0.29) is 5.92 Å². The van der Waals surface area contributed by atoms with Crippen molar-refractivity contribution >= 4 is 5.69 Å². The lowest BCUT2D eigenvalue weighted by Gasteiger charge is -2.30. The number of hydrogen-bond donors (Lipinski definition) is 2. The minimum absolute atomic E-state index is 0.223. The Labute approximate surface area is 102 Å². The highest BCUT2D eigenvalue weighted by atomic mass is 16.3. The monoisotopic (exact) mass is 233 g/mol. The van der Waals surface area contributed by atoms with E-state index in [1.807, 2.05) is 19.9 Å². The highest BCUT2D eigenvalue weighted by Gasteiger charge is 2.26. The molecule has 0 saturated carbocycles. The summed E-state index contributed by atoms with van der Waals surface area (Å²) in [5.41, 5.74) is 0.458. The first-order valence-corrected chi connectivity index (χ1v) is 5.82. The molecule has 0 saturated heterocycles. The normalized spacial score (nSPS) is 15.7. The van der Waals surface area contributed by atoms with Crippen molar-refractivity contribution in [3.05, 3.63) is 24.0 Å². The molecule has 1 rings (SSSR count). The lowest BCUT2D eigenvalue weighted by Crippen LogP contribution is -2.39. The minimum atomic E-state index is -0.747. The number of aliphatic hydroxyl groups is 1. The standard InChI is InChI=1S/C13H19N3O/c1-4-10(2)13(3,17)9-16-12-6-5-11(7-14)15-8-12/h5-6,8,10,16-17H,4,9H2,1-3H3. The number of anilines is 1. The maximum Gasteiger partial charge on any atom is 0.140 e. The van der Waals surface area contributed by atoms with Crippen molar-refractivity contribution in [1.29, 1.82) is 5.26 Å². The summed E-state index contributed by atoms with van der Waals surface area (Å²) >= 11 is 0. The van der Waals surface area contributed by atoms with Gasteiger partial charge in [-0.15, -0.1) is 0 Å². The molecule has 1 heterocycles. The fourth-order valence-electron chi connectivity index (χ4n) is 1.46. The molecule has 4 heteroatoms. The summed E-state index contributed by atoms with van der Waals surface area (Å²) in [6.07, 6.45) is 2.53. The Hall–Kier alpha value is -1.60. The molecule has 4 nitrogen and oxygen atoms in total. The van der Waals surface area contributed by atoms with Crippen molar-refractivity contribution in [2.45, 2.75) is 32.8 Å². The molecular formula is C13H19N3O. The van der Waals surface area contributed by atoms with Crippen LogP contribution in [0.2, 0.25) is 0 Å². The van der Waals surface area contributed by atoms with Crippen LogP contribution in [0.25, 0.3) is 0 Å². The van der Waals surface area contributed by atoms with Crippen LogP contribution in [0.3, 0.4) is 0 Å². The number of hydrogen-bond acceptors (Lipinski definition) is 4. The van der Waals surface area contributed by atoms with Crippen LogP contribution in [0, 0.1) is 17.2 Å². The number of pyridine rings is 1. The second-order valence-corrected chi connectivity index (χ2v) is 4.56. The summed E-state index contributed by atoms with van der Waals surface area (Å²) in [5.74, 6) is 0.223. The second-order valence-electron chi connectivity index (χ2n) is 4.56. The van der Waals surface area contributed by atoms with E-state index in [0.29, 0.717) is 12.2 Å². The highest BCUT2D eigenvalue weighted by molar-refractivity contribution is 5.42. The number of aromatic nitrogens is 1. The maximum atomic E-state index is 10.2. The van der Waals surface area contributed by atoms with E-state index >= 15 is 0 Å². The third-order valence-corrected chi connectivity index (χ3v) is 3.20. The van der Waals surface area contributed by atoms with E-state index in [1.165, 1.54) is 0 Å². The van der Waals surface area contributed by atoms with Crippen molar-refractivity contribution in [2.75, 3.05) is 11.9 Å². The van der Waals surface area contributed by atoms with Crippen LogP contribution in [0.4, 0.5) is 5.69 Å². The molecule has 0 aliphatic rings. The Morgan fingerprint density at radius 3 is 2.76 bits per heavy atom. The molecule has 1 aromatic rings. The van der Waals surface area contributed by atoms with Gasteiger partial charge in [-0.1, -0.05) is 20.3 Å². The summed E-state index contributed by atoms with van der Waals surface area (Å²) in [5, 5.41) is 22.0. The van der Waals surface area contributed by atoms with Crippen LogP contribution in [-0.4, -0.2) is 22.2 Å². The minimum Gasteiger partial charge on any atom is -0.388 e. The molecule has 0 aromatic carbocycles. The number of nitriles is 1. The van der Waals surface area contributed by atoms with Gasteiger partial charge in [0.25, 0.3) is 0 Å². The Balaban J connectivity index is 2.58. The zero-order valence-electron chi connectivity index (χ0n) is 10.6. The second kappa shape index (κ2) is 5.65. The van der Waals surface area contributed by atoms with Gasteiger partial charge in [0.2, 0.25) is 0 Å². The fraction of sp³-hybridized carbons (Fsp3) is 0.538. The van der Waals surface area contributed by atoms with Gasteiger partial charge in [0.05, 0.1) is 17.5 Å². The van der Waals surface area contributed by atoms with Crippen LogP contribution in [-0.2, 0) is 0 Å². The van der Waals surface area contributed by atoms with Crippen molar-refractivity contribution in [3.63, 3.8) is 0 Å². The van der Waals surface area contributed by atoms with E-state index in [1.54, 1.807) is 18.3 Å². The fourth-order valence-corrected chi connectivity index (χ4v) is 1.46. The Morgan fingerprint density at radius 2 is 2.29 bits per heavy atom. The van der Waals surface area contributed by atoms with Crippen LogP contribution in [0.15, 0.2) is 18.3 Å². The lowest BCUT2D eigenvalue weighted by molar-refractivity contribution is 0.0176. The summed E-state index contributed by atoms with van der Waals surface area (Å²) in [6, 6.07) is 5.41. The van der Waals surface area contributed by atoms with Crippen molar-refractivity contribution in [2.24, 2.45) is 5.92 Å². The van der Waals surface area contributed by atoms with Gasteiger partial charge >= 0.3 is 0 Å². The molecule has 0 spiro atoms. The van der Waals surface area contributed by atoms with Gasteiger partial charge < -0.3 is 10.4 Å². The largest absolute Gasteiger partial charge is 0.388 e. The molecule has 2 N–H and O–H groups in total. The third-order valence-electron chi connectivity index (χ3n) is 3.20. The zero-order chi connectivity index (χ0) is 12.9. The van der Waals surface area contributed by atoms with Crippen LogP contribution < -0.4 is 5.32 Å². The maximum absolute atomic E-state index is 10.2. The average molecular weight is 233 g/mol. The predicted octanol–water partition coefficient (Wildman–Crippen LogP) is 2.16. The quantitative estimate of drug-likeness (QED) is 0.817. The van der Waals surface area contributed by atoms with Crippen molar-refractivity contribution in [1.82, 2.24) is 4.98 Å². The molecule has 0 amide bonds. The smallest absolute Gasteiger partial charge is 0.140 e. The van der Waals surface area contributed by atoms with Gasteiger partial charge in [-0.05, 0) is 25.0 Å². The average Bonchev–Trinajstić information content (AvgIpc) is 2.36. The van der Waals surface area contributed by atoms with Crippen LogP contribution >= 0.6 is 0 Å². The van der Waals surface area contributed by atoms with Crippen LogP contribution in [0.1, 0.15) is 32.9 Å². The van der Waals surface area contributed by atoms with Gasteiger partial charge in [-0.25, -0.2) is 4.98 Å². The summed E-state index contributed by atoms with van der Waals surface area (Å²) in [7, 11) is 0. The molecule has 2 unspecified atom stereocenters. The number of rotatable bonds is 5. The highest BCUT2D eigenvalue weighted by Crippen LogP contribution is 2.20. The SMILES string of the molecule is CCC(C)C(C)(O)CNc1ccc(C#N)nc1. The van der Waals surface area contributed by atoms with Gasteiger partial charge in [0.1, 0.15) is 11.8 Å². The van der Waals surface area contributed by atoms with Gasteiger partial charge in [0.15, 0.2) is 0 Å². The number of nitrogens with zero attached hydrogens (tertiary/aromatic N) is 2. The van der Waals surface area contributed by atoms with E-state index in [0.717, 1.165) is 12.1 Å². The summed E-state index contributed by atoms with van der Waals surface area (Å²) in [6.45, 7) is 6.38. The van der Waals surface area contributed by atoms with E-state index in [9.17, 15) is 5.11 Å². The first kappa shape index (κ1) is 13.5. The first-order chi connectivity index (χ1) is 7.99. The molecule has 2 atom stereocenters. The molecule has 17 heavy (non-hydrogen) atoms. The first-order valence-electron chi connectivity index (χ1n) is 5.82. The summed E-state index contributed by atoms with van der Waals surface area (Å²) < 4.78 is 0. The Bertz CT molecular complexity index is 392.